The number of phosphoric acid groups is 2. The summed E-state index contributed by atoms with van der Waals surface area (Å²) in [5.41, 5.74) is 0. The maximum Gasteiger partial charge on any atom is 0.529 e. The summed E-state index contributed by atoms with van der Waals surface area (Å²) in [7, 11) is 4.06. The highest BCUT2D eigenvalue weighted by Crippen LogP contribution is 2.50. The van der Waals surface area contributed by atoms with Crippen molar-refractivity contribution in [2.24, 2.45) is 0 Å². The van der Waals surface area contributed by atoms with Crippen molar-refractivity contribution < 1.29 is 45.9 Å². The van der Waals surface area contributed by atoms with Crippen LogP contribution in [0.5, 0.6) is 0 Å². The van der Waals surface area contributed by atoms with Gasteiger partial charge in [0.1, 0.15) is 11.5 Å². The van der Waals surface area contributed by atoms with Gasteiger partial charge in [0.15, 0.2) is 0 Å². The first-order valence-corrected chi connectivity index (χ1v) is 11.2. The van der Waals surface area contributed by atoms with Crippen molar-refractivity contribution in [2.75, 3.05) is 56.6 Å². The summed E-state index contributed by atoms with van der Waals surface area (Å²) in [6.45, 7) is 2.98. The van der Waals surface area contributed by atoms with Crippen molar-refractivity contribution in [1.29, 1.82) is 0 Å². The minimum absolute atomic E-state index is 0.167. The molecule has 0 radical (unpaired) electrons. The molecule has 12 nitrogen and oxygen atoms in total. The lowest BCUT2D eigenvalue weighted by molar-refractivity contribution is -0.124. The zero-order chi connectivity index (χ0) is 24.1. The lowest BCUT2D eigenvalue weighted by Gasteiger charge is -2.14. The van der Waals surface area contributed by atoms with E-state index in [2.05, 4.69) is 18.1 Å². The van der Waals surface area contributed by atoms with Crippen molar-refractivity contribution in [3.63, 3.8) is 0 Å². The van der Waals surface area contributed by atoms with E-state index in [1.54, 1.807) is 28.2 Å². The van der Waals surface area contributed by atoms with E-state index in [9.17, 15) is 18.7 Å². The summed E-state index contributed by atoms with van der Waals surface area (Å²) < 4.78 is 50.9. The van der Waals surface area contributed by atoms with Gasteiger partial charge in [-0.2, -0.15) is 0 Å². The Bertz CT molecular complexity index is 643. The van der Waals surface area contributed by atoms with Crippen molar-refractivity contribution >= 4 is 27.5 Å². The van der Waals surface area contributed by atoms with E-state index in [1.807, 2.05) is 0 Å². The molecule has 0 saturated heterocycles. The van der Waals surface area contributed by atoms with Crippen LogP contribution in [0.15, 0.2) is 23.7 Å². The number of nitrogens with zero attached hydrogens (tertiary/aromatic N) is 2. The van der Waals surface area contributed by atoms with Crippen LogP contribution in [0.2, 0.25) is 0 Å². The SMILES string of the molecule is COP(=O)(OC)O/C(C)=C/C(=O)N(C)C.COP(=O)(OC)O/C(C)=C\C(=O)N(C)C. The fourth-order valence-corrected chi connectivity index (χ4v) is 2.72. The molecule has 0 N–H and O–H groups in total. The summed E-state index contributed by atoms with van der Waals surface area (Å²) in [5, 5.41) is 0. The number of hydrogen-bond donors (Lipinski definition) is 0. The highest BCUT2D eigenvalue weighted by Gasteiger charge is 2.25. The van der Waals surface area contributed by atoms with E-state index in [1.165, 1.54) is 64.2 Å². The van der Waals surface area contributed by atoms with Crippen LogP contribution in [-0.4, -0.2) is 78.2 Å². The number of phosphoric ester groups is 2. The third-order valence-electron chi connectivity index (χ3n) is 2.94. The highest BCUT2D eigenvalue weighted by atomic mass is 31.2. The van der Waals surface area contributed by atoms with Gasteiger partial charge in [-0.3, -0.25) is 27.7 Å². The topological polar surface area (TPSA) is 130 Å². The predicted octanol–water partition coefficient (Wildman–Crippen LogP) is 2.79. The quantitative estimate of drug-likeness (QED) is 0.265. The van der Waals surface area contributed by atoms with Crippen molar-refractivity contribution in [1.82, 2.24) is 9.80 Å². The first-order chi connectivity index (χ1) is 13.7. The second-order valence-electron chi connectivity index (χ2n) is 5.78. The number of likely N-dealkylation sites (N-methyl/N-ethyl adjacent to an activating group) is 2. The van der Waals surface area contributed by atoms with Crippen molar-refractivity contribution in [3.05, 3.63) is 23.7 Å². The Hall–Kier alpha value is -1.68. The van der Waals surface area contributed by atoms with E-state index in [4.69, 9.17) is 9.05 Å². The summed E-state index contributed by atoms with van der Waals surface area (Å²) >= 11 is 0. The zero-order valence-corrected chi connectivity index (χ0v) is 20.8. The molecule has 0 aliphatic rings. The minimum atomic E-state index is -3.56. The molecule has 0 saturated carbocycles. The fraction of sp³-hybridized carbons (Fsp3) is 0.625. The summed E-state index contributed by atoms with van der Waals surface area (Å²) in [4.78, 5) is 25.1. The number of allylic oxidation sites excluding steroid dienone is 2. The van der Waals surface area contributed by atoms with Gasteiger partial charge in [-0.25, -0.2) is 9.13 Å². The normalized spacial score (nSPS) is 12.5. The van der Waals surface area contributed by atoms with Gasteiger partial charge in [0.2, 0.25) is 11.8 Å². The number of amides is 2. The Morgan fingerprint density at radius 1 is 0.633 bits per heavy atom. The molecule has 0 atom stereocenters. The molecule has 0 heterocycles. The summed E-state index contributed by atoms with van der Waals surface area (Å²) in [5.74, 6) is -0.209. The minimum Gasteiger partial charge on any atom is -0.409 e. The smallest absolute Gasteiger partial charge is 0.409 e. The third-order valence-corrected chi connectivity index (χ3v) is 5.75. The highest BCUT2D eigenvalue weighted by molar-refractivity contribution is 7.48. The molecular weight excluding hydrogens is 442 g/mol. The molecular formula is C16H32N2O10P2. The molecule has 30 heavy (non-hydrogen) atoms. The van der Waals surface area contributed by atoms with Crippen LogP contribution in [0.3, 0.4) is 0 Å². The summed E-state index contributed by atoms with van der Waals surface area (Å²) in [6.07, 6.45) is 2.40. The molecule has 176 valence electrons. The molecule has 0 unspecified atom stereocenters. The molecule has 0 spiro atoms. The molecule has 0 aromatic carbocycles. The monoisotopic (exact) mass is 474 g/mol. The van der Waals surface area contributed by atoms with Crippen LogP contribution in [0.25, 0.3) is 0 Å². The van der Waals surface area contributed by atoms with Crippen molar-refractivity contribution in [2.45, 2.75) is 13.8 Å². The molecule has 0 fully saturated rings. The molecule has 0 bridgehead atoms. The van der Waals surface area contributed by atoms with E-state index < -0.39 is 15.6 Å². The fourth-order valence-electron chi connectivity index (χ4n) is 1.31. The first-order valence-electron chi connectivity index (χ1n) is 8.30. The predicted molar refractivity (Wildman–Crippen MR) is 110 cm³/mol. The van der Waals surface area contributed by atoms with Crippen LogP contribution in [0.1, 0.15) is 13.8 Å². The van der Waals surface area contributed by atoms with Gasteiger partial charge in [-0.15, -0.1) is 0 Å². The molecule has 0 aromatic heterocycles. The second kappa shape index (κ2) is 14.3. The summed E-state index contributed by atoms with van der Waals surface area (Å²) in [6, 6.07) is 0. The Morgan fingerprint density at radius 3 is 1.03 bits per heavy atom. The second-order valence-corrected chi connectivity index (χ2v) is 9.40. The lowest BCUT2D eigenvalue weighted by atomic mass is 10.4. The molecule has 14 heteroatoms. The Balaban J connectivity index is 0. The van der Waals surface area contributed by atoms with Gasteiger partial charge in [0, 0.05) is 68.8 Å². The third kappa shape index (κ3) is 12.8. The molecule has 0 aliphatic heterocycles. The maximum atomic E-state index is 11.5. The van der Waals surface area contributed by atoms with E-state index in [0.717, 1.165) is 0 Å². The van der Waals surface area contributed by atoms with E-state index in [-0.39, 0.29) is 23.3 Å². The molecule has 2 amide bonds. The van der Waals surface area contributed by atoms with Gasteiger partial charge < -0.3 is 18.8 Å². The maximum absolute atomic E-state index is 11.5. The average Bonchev–Trinajstić information content (AvgIpc) is 2.67. The van der Waals surface area contributed by atoms with Crippen LogP contribution in [-0.2, 0) is 45.9 Å². The number of carbonyl (C=O) groups is 2. The van der Waals surface area contributed by atoms with Crippen LogP contribution >= 0.6 is 15.6 Å². The number of rotatable bonds is 10. The average molecular weight is 474 g/mol. The Labute approximate surface area is 177 Å². The first kappa shape index (κ1) is 30.5. The van der Waals surface area contributed by atoms with Crippen LogP contribution in [0, 0.1) is 0 Å². The van der Waals surface area contributed by atoms with Crippen LogP contribution in [0.4, 0.5) is 0 Å². The van der Waals surface area contributed by atoms with E-state index in [0.29, 0.717) is 0 Å². The number of hydrogen-bond acceptors (Lipinski definition) is 10. The zero-order valence-electron chi connectivity index (χ0n) is 19.0. The van der Waals surface area contributed by atoms with Crippen LogP contribution < -0.4 is 0 Å². The van der Waals surface area contributed by atoms with Gasteiger partial charge >= 0.3 is 15.6 Å². The van der Waals surface area contributed by atoms with Gasteiger partial charge in [-0.05, 0) is 13.8 Å². The van der Waals surface area contributed by atoms with Gasteiger partial charge in [-0.1, -0.05) is 0 Å². The lowest BCUT2D eigenvalue weighted by Crippen LogP contribution is -2.19. The largest absolute Gasteiger partial charge is 0.529 e. The van der Waals surface area contributed by atoms with Gasteiger partial charge in [0.25, 0.3) is 0 Å². The molecule has 0 aliphatic carbocycles. The molecule has 0 aromatic rings. The Kier molecular flexibility index (Phi) is 14.6. The van der Waals surface area contributed by atoms with Gasteiger partial charge in [0.05, 0.1) is 0 Å². The van der Waals surface area contributed by atoms with E-state index >= 15 is 0 Å². The van der Waals surface area contributed by atoms with Crippen molar-refractivity contribution in [3.8, 4) is 0 Å². The standard InChI is InChI=1S/2C8H16NO5P/c2*1-7(6-8(10)9(2)3)14-15(11,12-4)13-5/h2*6H,1-5H3/b7-6+;7-6-. The molecule has 0 rings (SSSR count). The number of carbonyl (C=O) groups excluding carboxylic acids is 2. The Morgan fingerprint density at radius 2 is 0.867 bits per heavy atom.